The van der Waals surface area contributed by atoms with Crippen LogP contribution in [-0.4, -0.2) is 40.9 Å². The van der Waals surface area contributed by atoms with E-state index in [1.165, 1.54) is 18.2 Å². The van der Waals surface area contributed by atoms with E-state index in [0.29, 0.717) is 0 Å². The molecule has 2 amide bonds. The highest BCUT2D eigenvalue weighted by Gasteiger charge is 2.12. The van der Waals surface area contributed by atoms with Crippen molar-refractivity contribution in [2.45, 2.75) is 6.42 Å². The van der Waals surface area contributed by atoms with E-state index in [9.17, 15) is 24.5 Å². The zero-order chi connectivity index (χ0) is 15.8. The summed E-state index contributed by atoms with van der Waals surface area (Å²) in [7, 11) is 0. The lowest BCUT2D eigenvalue weighted by Crippen LogP contribution is -2.37. The number of hydrogen-bond donors (Lipinski definition) is 3. The predicted octanol–water partition coefficient (Wildman–Crippen LogP) is -0.0845. The van der Waals surface area contributed by atoms with E-state index >= 15 is 0 Å². The number of carbonyl (C=O) groups excluding carboxylic acids is 2. The first kappa shape index (κ1) is 16.1. The van der Waals surface area contributed by atoms with E-state index < -0.39 is 22.7 Å². The maximum Gasteiger partial charge on any atom is 0.305 e. The summed E-state index contributed by atoms with van der Waals surface area (Å²) >= 11 is 0. The van der Waals surface area contributed by atoms with Gasteiger partial charge in [-0.2, -0.15) is 0 Å². The van der Waals surface area contributed by atoms with E-state index in [4.69, 9.17) is 5.11 Å². The molecule has 9 nitrogen and oxygen atoms in total. The number of nitro groups is 1. The average molecular weight is 295 g/mol. The SMILES string of the molecule is O=C(O)CCNC(=O)CNC(=O)c1cccc([N+](=O)[O-])c1. The molecule has 1 aromatic carbocycles. The Morgan fingerprint density at radius 2 is 1.95 bits per heavy atom. The summed E-state index contributed by atoms with van der Waals surface area (Å²) < 4.78 is 0. The van der Waals surface area contributed by atoms with Crippen LogP contribution in [0, 0.1) is 10.1 Å². The van der Waals surface area contributed by atoms with Crippen LogP contribution >= 0.6 is 0 Å². The van der Waals surface area contributed by atoms with Gasteiger partial charge in [-0.3, -0.25) is 24.5 Å². The molecule has 0 saturated heterocycles. The normalized spacial score (nSPS) is 9.71. The van der Waals surface area contributed by atoms with Gasteiger partial charge in [0.1, 0.15) is 0 Å². The average Bonchev–Trinajstić information content (AvgIpc) is 2.44. The third-order valence-corrected chi connectivity index (χ3v) is 2.39. The Bertz CT molecular complexity index is 572. The topological polar surface area (TPSA) is 139 Å². The van der Waals surface area contributed by atoms with Crippen LogP contribution in [0.4, 0.5) is 5.69 Å². The largest absolute Gasteiger partial charge is 0.481 e. The van der Waals surface area contributed by atoms with Crippen molar-refractivity contribution in [2.24, 2.45) is 0 Å². The first-order chi connectivity index (χ1) is 9.90. The number of non-ortho nitro benzene ring substituents is 1. The van der Waals surface area contributed by atoms with Crippen molar-refractivity contribution in [1.82, 2.24) is 10.6 Å². The van der Waals surface area contributed by atoms with Crippen LogP contribution in [0.3, 0.4) is 0 Å². The van der Waals surface area contributed by atoms with Crippen molar-refractivity contribution in [1.29, 1.82) is 0 Å². The van der Waals surface area contributed by atoms with Crippen molar-refractivity contribution in [2.75, 3.05) is 13.1 Å². The Morgan fingerprint density at radius 1 is 1.24 bits per heavy atom. The van der Waals surface area contributed by atoms with Crippen LogP contribution in [-0.2, 0) is 9.59 Å². The fraction of sp³-hybridized carbons (Fsp3) is 0.250. The van der Waals surface area contributed by atoms with Crippen molar-refractivity contribution in [3.63, 3.8) is 0 Å². The zero-order valence-electron chi connectivity index (χ0n) is 10.9. The summed E-state index contributed by atoms with van der Waals surface area (Å²) in [5.74, 6) is -2.22. The van der Waals surface area contributed by atoms with Crippen LogP contribution in [0.1, 0.15) is 16.8 Å². The van der Waals surface area contributed by atoms with Gasteiger partial charge in [0, 0.05) is 24.2 Å². The van der Waals surface area contributed by atoms with Crippen molar-refractivity contribution >= 4 is 23.5 Å². The summed E-state index contributed by atoms with van der Waals surface area (Å²) in [6.45, 7) is -0.387. The number of benzene rings is 1. The van der Waals surface area contributed by atoms with Gasteiger partial charge in [0.2, 0.25) is 5.91 Å². The van der Waals surface area contributed by atoms with E-state index in [1.807, 2.05) is 0 Å². The number of carbonyl (C=O) groups is 3. The van der Waals surface area contributed by atoms with E-state index in [1.54, 1.807) is 0 Å². The van der Waals surface area contributed by atoms with Gasteiger partial charge in [-0.05, 0) is 6.07 Å². The number of aliphatic carboxylic acids is 1. The molecule has 0 aliphatic carbocycles. The molecule has 0 radical (unpaired) electrons. The Morgan fingerprint density at radius 3 is 2.57 bits per heavy atom. The number of nitrogens with zero attached hydrogens (tertiary/aromatic N) is 1. The molecule has 0 spiro atoms. The minimum absolute atomic E-state index is 0.0408. The molecule has 112 valence electrons. The molecule has 3 N–H and O–H groups in total. The predicted molar refractivity (Wildman–Crippen MR) is 70.7 cm³/mol. The van der Waals surface area contributed by atoms with Gasteiger partial charge < -0.3 is 15.7 Å². The maximum atomic E-state index is 11.7. The number of carboxylic acid groups (broad SMARTS) is 1. The molecule has 9 heteroatoms. The summed E-state index contributed by atoms with van der Waals surface area (Å²) in [6.07, 6.45) is -0.218. The van der Waals surface area contributed by atoms with Crippen LogP contribution < -0.4 is 10.6 Å². The maximum absolute atomic E-state index is 11.7. The lowest BCUT2D eigenvalue weighted by molar-refractivity contribution is -0.384. The van der Waals surface area contributed by atoms with Gasteiger partial charge in [0.15, 0.2) is 0 Å². The first-order valence-corrected chi connectivity index (χ1v) is 5.91. The van der Waals surface area contributed by atoms with Gasteiger partial charge >= 0.3 is 5.97 Å². The molecule has 1 aromatic rings. The highest BCUT2D eigenvalue weighted by atomic mass is 16.6. The Kier molecular flexibility index (Phi) is 5.80. The van der Waals surface area contributed by atoms with Crippen LogP contribution in [0.15, 0.2) is 24.3 Å². The van der Waals surface area contributed by atoms with Crippen molar-refractivity contribution in [3.05, 3.63) is 39.9 Å². The van der Waals surface area contributed by atoms with E-state index in [2.05, 4.69) is 10.6 Å². The molecule has 0 bridgehead atoms. The fourth-order valence-electron chi connectivity index (χ4n) is 1.39. The summed E-state index contributed by atoms with van der Waals surface area (Å²) in [6, 6.07) is 5.08. The smallest absolute Gasteiger partial charge is 0.305 e. The van der Waals surface area contributed by atoms with Gasteiger partial charge in [-0.15, -0.1) is 0 Å². The minimum Gasteiger partial charge on any atom is -0.481 e. The minimum atomic E-state index is -1.05. The summed E-state index contributed by atoms with van der Waals surface area (Å²) in [5.41, 5.74) is -0.170. The second-order valence-electron chi connectivity index (χ2n) is 3.98. The molecular formula is C12H13N3O6. The van der Waals surface area contributed by atoms with Crippen LogP contribution in [0.5, 0.6) is 0 Å². The second kappa shape index (κ2) is 7.58. The molecule has 0 unspecified atom stereocenters. The van der Waals surface area contributed by atoms with Crippen molar-refractivity contribution < 1.29 is 24.4 Å². The summed E-state index contributed by atoms with van der Waals surface area (Å²) in [4.78, 5) is 43.2. The van der Waals surface area contributed by atoms with Crippen molar-refractivity contribution in [3.8, 4) is 0 Å². The lowest BCUT2D eigenvalue weighted by atomic mass is 10.2. The van der Waals surface area contributed by atoms with Crippen LogP contribution in [0.2, 0.25) is 0 Å². The first-order valence-electron chi connectivity index (χ1n) is 5.91. The molecule has 1 rings (SSSR count). The number of nitro benzene ring substituents is 1. The molecule has 0 atom stereocenters. The molecule has 0 aromatic heterocycles. The van der Waals surface area contributed by atoms with Gasteiger partial charge in [0.25, 0.3) is 11.6 Å². The Hall–Kier alpha value is -2.97. The van der Waals surface area contributed by atoms with Crippen LogP contribution in [0.25, 0.3) is 0 Å². The number of rotatable bonds is 7. The highest BCUT2D eigenvalue weighted by molar-refractivity contribution is 5.96. The number of nitrogens with one attached hydrogen (secondary N) is 2. The standard InChI is InChI=1S/C12H13N3O6/c16-10(13-5-4-11(17)18)7-14-12(19)8-2-1-3-9(6-8)15(20)21/h1-3,6H,4-5,7H2,(H,13,16)(H,14,19)(H,17,18). The quantitative estimate of drug-likeness (QED) is 0.475. The monoisotopic (exact) mass is 295 g/mol. The van der Waals surface area contributed by atoms with Gasteiger partial charge in [-0.1, -0.05) is 6.07 Å². The van der Waals surface area contributed by atoms with Gasteiger partial charge in [-0.25, -0.2) is 0 Å². The molecule has 0 aliphatic rings. The Balaban J connectivity index is 2.46. The zero-order valence-corrected chi connectivity index (χ0v) is 10.9. The third kappa shape index (κ3) is 5.68. The summed E-state index contributed by atoms with van der Waals surface area (Å²) in [5, 5.41) is 23.6. The number of hydrogen-bond acceptors (Lipinski definition) is 5. The lowest BCUT2D eigenvalue weighted by Gasteiger charge is -2.06. The molecule has 0 saturated carbocycles. The highest BCUT2D eigenvalue weighted by Crippen LogP contribution is 2.12. The number of amides is 2. The molecule has 0 aliphatic heterocycles. The molecule has 21 heavy (non-hydrogen) atoms. The Labute approximate surface area is 119 Å². The molecule has 0 heterocycles. The fourth-order valence-corrected chi connectivity index (χ4v) is 1.39. The second-order valence-corrected chi connectivity index (χ2v) is 3.98. The molecular weight excluding hydrogens is 282 g/mol. The third-order valence-electron chi connectivity index (χ3n) is 2.39. The number of carboxylic acids is 1. The molecule has 0 fully saturated rings. The van der Waals surface area contributed by atoms with E-state index in [-0.39, 0.29) is 30.8 Å². The van der Waals surface area contributed by atoms with Gasteiger partial charge in [0.05, 0.1) is 17.9 Å². The van der Waals surface area contributed by atoms with E-state index in [0.717, 1.165) is 6.07 Å².